The van der Waals surface area contributed by atoms with E-state index in [-0.39, 0.29) is 0 Å². The van der Waals surface area contributed by atoms with Crippen molar-refractivity contribution < 1.29 is 4.74 Å². The second kappa shape index (κ2) is 5.50. The predicted molar refractivity (Wildman–Crippen MR) is 74.4 cm³/mol. The Morgan fingerprint density at radius 3 is 2.78 bits per heavy atom. The normalized spacial score (nSPS) is 23.9. The number of hydrogen-bond donors (Lipinski definition) is 1. The molecular formula is C15H20ClNO. The van der Waals surface area contributed by atoms with E-state index in [0.717, 1.165) is 23.7 Å². The average molecular weight is 266 g/mol. The highest BCUT2D eigenvalue weighted by Crippen LogP contribution is 2.32. The fourth-order valence-electron chi connectivity index (χ4n) is 2.52. The highest BCUT2D eigenvalue weighted by atomic mass is 35.5. The van der Waals surface area contributed by atoms with Crippen LogP contribution in [0.25, 0.3) is 0 Å². The molecule has 1 aliphatic heterocycles. The smallest absolute Gasteiger partial charge is 0.138 e. The highest BCUT2D eigenvalue weighted by molar-refractivity contribution is 6.32. The van der Waals surface area contributed by atoms with Gasteiger partial charge in [0.2, 0.25) is 0 Å². The van der Waals surface area contributed by atoms with Crippen molar-refractivity contribution in [3.8, 4) is 5.75 Å². The molecule has 0 aromatic heterocycles. The molecule has 2 nitrogen and oxygen atoms in total. The van der Waals surface area contributed by atoms with E-state index in [0.29, 0.717) is 12.1 Å². The lowest BCUT2D eigenvalue weighted by atomic mass is 9.98. The maximum Gasteiger partial charge on any atom is 0.138 e. The molecule has 0 spiro atoms. The number of halogens is 1. The Balaban J connectivity index is 1.63. The second-order valence-electron chi connectivity index (χ2n) is 5.43. The second-order valence-corrected chi connectivity index (χ2v) is 5.84. The summed E-state index contributed by atoms with van der Waals surface area (Å²) in [7, 11) is 0. The van der Waals surface area contributed by atoms with Gasteiger partial charge in [-0.25, -0.2) is 0 Å². The molecule has 3 rings (SSSR count). The average Bonchev–Trinajstić information content (AvgIpc) is 3.18. The molecule has 3 heteroatoms. The molecule has 1 aliphatic carbocycles. The van der Waals surface area contributed by atoms with E-state index < -0.39 is 0 Å². The highest BCUT2D eigenvalue weighted by Gasteiger charge is 2.24. The van der Waals surface area contributed by atoms with E-state index in [1.807, 2.05) is 6.07 Å². The van der Waals surface area contributed by atoms with Crippen LogP contribution in [0.15, 0.2) is 18.2 Å². The van der Waals surface area contributed by atoms with Crippen molar-refractivity contribution in [2.24, 2.45) is 0 Å². The molecule has 98 valence electrons. The van der Waals surface area contributed by atoms with E-state index in [9.17, 15) is 0 Å². The van der Waals surface area contributed by atoms with Gasteiger partial charge in [-0.3, -0.25) is 0 Å². The molecule has 1 atom stereocenters. The van der Waals surface area contributed by atoms with Crippen molar-refractivity contribution in [3.05, 3.63) is 28.8 Å². The fourth-order valence-corrected chi connectivity index (χ4v) is 2.76. The molecule has 0 bridgehead atoms. The van der Waals surface area contributed by atoms with Gasteiger partial charge in [-0.1, -0.05) is 24.1 Å². The van der Waals surface area contributed by atoms with Gasteiger partial charge in [-0.2, -0.15) is 0 Å². The van der Waals surface area contributed by atoms with E-state index >= 15 is 0 Å². The van der Waals surface area contributed by atoms with E-state index in [4.69, 9.17) is 16.3 Å². The molecule has 1 aromatic carbocycles. The number of ether oxygens (including phenoxy) is 1. The number of benzene rings is 1. The molecule has 1 heterocycles. The molecule has 0 radical (unpaired) electrons. The van der Waals surface area contributed by atoms with Gasteiger partial charge >= 0.3 is 0 Å². The van der Waals surface area contributed by atoms with Crippen molar-refractivity contribution in [1.82, 2.24) is 5.32 Å². The molecule has 1 saturated carbocycles. The summed E-state index contributed by atoms with van der Waals surface area (Å²) in [5.74, 6) is 0.847. The van der Waals surface area contributed by atoms with Crippen LogP contribution in [-0.2, 0) is 6.42 Å². The fraction of sp³-hybridized carbons (Fsp3) is 0.600. The summed E-state index contributed by atoms with van der Waals surface area (Å²) < 4.78 is 5.75. The summed E-state index contributed by atoms with van der Waals surface area (Å²) in [6.45, 7) is 1.15. The minimum Gasteiger partial charge on any atom is -0.489 e. The van der Waals surface area contributed by atoms with Gasteiger partial charge in [0.25, 0.3) is 0 Å². The lowest BCUT2D eigenvalue weighted by molar-refractivity contribution is 0.303. The molecule has 1 aromatic rings. The van der Waals surface area contributed by atoms with Crippen LogP contribution in [0, 0.1) is 0 Å². The first kappa shape index (κ1) is 12.3. The summed E-state index contributed by atoms with van der Waals surface area (Å²) in [5, 5.41) is 4.33. The first-order valence-electron chi connectivity index (χ1n) is 7.00. The maximum absolute atomic E-state index is 6.27. The Morgan fingerprint density at radius 2 is 2.11 bits per heavy atom. The zero-order valence-corrected chi connectivity index (χ0v) is 11.4. The summed E-state index contributed by atoms with van der Waals surface area (Å²) >= 11 is 6.27. The topological polar surface area (TPSA) is 21.3 Å². The number of piperidine rings is 1. The van der Waals surface area contributed by atoms with Gasteiger partial charge in [-0.05, 0) is 56.3 Å². The van der Waals surface area contributed by atoms with Crippen LogP contribution in [0.2, 0.25) is 5.02 Å². The predicted octanol–water partition coefficient (Wildman–Crippen LogP) is 3.57. The third-order valence-electron chi connectivity index (χ3n) is 3.71. The molecule has 2 fully saturated rings. The molecule has 1 N–H and O–H groups in total. The van der Waals surface area contributed by atoms with Gasteiger partial charge in [0, 0.05) is 6.04 Å². The van der Waals surface area contributed by atoms with E-state index in [1.54, 1.807) is 0 Å². The van der Waals surface area contributed by atoms with Crippen LogP contribution >= 0.6 is 11.6 Å². The number of hydrogen-bond acceptors (Lipinski definition) is 2. The van der Waals surface area contributed by atoms with Crippen LogP contribution in [0.3, 0.4) is 0 Å². The van der Waals surface area contributed by atoms with Gasteiger partial charge in [0.05, 0.1) is 11.1 Å². The Morgan fingerprint density at radius 1 is 1.22 bits per heavy atom. The van der Waals surface area contributed by atoms with Gasteiger partial charge in [-0.15, -0.1) is 0 Å². The minimum absolute atomic E-state index is 0.411. The molecule has 0 amide bonds. The molecule has 1 unspecified atom stereocenters. The van der Waals surface area contributed by atoms with Crippen molar-refractivity contribution in [2.75, 3.05) is 6.54 Å². The first-order valence-corrected chi connectivity index (χ1v) is 7.37. The summed E-state index contributed by atoms with van der Waals surface area (Å²) in [4.78, 5) is 0. The van der Waals surface area contributed by atoms with E-state index in [1.165, 1.54) is 37.7 Å². The van der Waals surface area contributed by atoms with E-state index in [2.05, 4.69) is 17.4 Å². The van der Waals surface area contributed by atoms with Crippen LogP contribution in [-0.4, -0.2) is 18.7 Å². The Bertz CT molecular complexity index is 411. The maximum atomic E-state index is 6.27. The first-order chi connectivity index (χ1) is 8.81. The van der Waals surface area contributed by atoms with Crippen molar-refractivity contribution in [1.29, 1.82) is 0 Å². The molecule has 2 aliphatic rings. The number of nitrogens with one attached hydrogen (secondary N) is 1. The molecule has 1 saturated heterocycles. The number of rotatable bonds is 4. The Kier molecular flexibility index (Phi) is 3.76. The van der Waals surface area contributed by atoms with Crippen molar-refractivity contribution in [2.45, 2.75) is 50.7 Å². The zero-order valence-electron chi connectivity index (χ0n) is 10.6. The SMILES string of the molecule is Clc1cc(CC2CCCCN2)ccc1OC1CC1. The van der Waals surface area contributed by atoms with Gasteiger partial charge in [0.1, 0.15) is 5.75 Å². The third kappa shape index (κ3) is 3.18. The lowest BCUT2D eigenvalue weighted by Crippen LogP contribution is -2.35. The van der Waals surface area contributed by atoms with Gasteiger partial charge < -0.3 is 10.1 Å². The summed E-state index contributed by atoms with van der Waals surface area (Å²) in [6, 6.07) is 6.86. The zero-order chi connectivity index (χ0) is 12.4. The minimum atomic E-state index is 0.411. The Labute approximate surface area is 114 Å². The monoisotopic (exact) mass is 265 g/mol. The van der Waals surface area contributed by atoms with Crippen LogP contribution in [0.5, 0.6) is 5.75 Å². The molecule has 18 heavy (non-hydrogen) atoms. The van der Waals surface area contributed by atoms with Gasteiger partial charge in [0.15, 0.2) is 0 Å². The quantitative estimate of drug-likeness (QED) is 0.899. The summed E-state index contributed by atoms with van der Waals surface area (Å²) in [5.41, 5.74) is 1.31. The Hall–Kier alpha value is -0.730. The lowest BCUT2D eigenvalue weighted by Gasteiger charge is -2.23. The largest absolute Gasteiger partial charge is 0.489 e. The van der Waals surface area contributed by atoms with Crippen molar-refractivity contribution >= 4 is 11.6 Å². The summed E-state index contributed by atoms with van der Waals surface area (Å²) in [6.07, 6.45) is 7.75. The molecular weight excluding hydrogens is 246 g/mol. The van der Waals surface area contributed by atoms with Crippen LogP contribution in [0.4, 0.5) is 0 Å². The standard InChI is InChI=1S/C15H20ClNO/c16-14-10-11(9-12-3-1-2-8-17-12)4-7-15(14)18-13-5-6-13/h4,7,10,12-13,17H,1-3,5-6,8-9H2. The van der Waals surface area contributed by atoms with Crippen molar-refractivity contribution in [3.63, 3.8) is 0 Å². The van der Waals surface area contributed by atoms with Crippen LogP contribution in [0.1, 0.15) is 37.7 Å². The van der Waals surface area contributed by atoms with Crippen LogP contribution < -0.4 is 10.1 Å². The third-order valence-corrected chi connectivity index (χ3v) is 4.00.